The van der Waals surface area contributed by atoms with E-state index in [1.165, 1.54) is 13.3 Å². The van der Waals surface area contributed by atoms with E-state index in [0.29, 0.717) is 40.0 Å². The van der Waals surface area contributed by atoms with Gasteiger partial charge in [0, 0.05) is 27.7 Å². The van der Waals surface area contributed by atoms with Crippen molar-refractivity contribution < 1.29 is 19.0 Å². The van der Waals surface area contributed by atoms with Crippen LogP contribution < -0.4 is 19.6 Å². The predicted octanol–water partition coefficient (Wildman–Crippen LogP) is 4.00. The summed E-state index contributed by atoms with van der Waals surface area (Å²) in [5.41, 5.74) is 3.22. The Morgan fingerprint density at radius 2 is 1.74 bits per heavy atom. The Kier molecular flexibility index (Phi) is 8.29. The van der Waals surface area contributed by atoms with Crippen LogP contribution in [0.1, 0.15) is 12.0 Å². The van der Waals surface area contributed by atoms with Gasteiger partial charge < -0.3 is 14.2 Å². The molecule has 0 spiro atoms. The fourth-order valence-corrected chi connectivity index (χ4v) is 3.18. The van der Waals surface area contributed by atoms with Crippen molar-refractivity contribution in [1.82, 2.24) is 5.43 Å². The molecule has 0 aliphatic rings. The summed E-state index contributed by atoms with van der Waals surface area (Å²) < 4.78 is 15.8. The van der Waals surface area contributed by atoms with Crippen molar-refractivity contribution in [3.63, 3.8) is 0 Å². The molecule has 2 aromatic rings. The quantitative estimate of drug-likeness (QED) is 0.386. The predicted molar refractivity (Wildman–Crippen MR) is 109 cm³/mol. The molecule has 0 aromatic heterocycles. The van der Waals surface area contributed by atoms with Gasteiger partial charge in [0.25, 0.3) is 0 Å². The third-order valence-corrected chi connectivity index (χ3v) is 4.77. The lowest BCUT2D eigenvalue weighted by molar-refractivity contribution is -0.120. The van der Waals surface area contributed by atoms with Crippen LogP contribution in [0.25, 0.3) is 0 Å². The third kappa shape index (κ3) is 6.37. The van der Waals surface area contributed by atoms with E-state index in [-0.39, 0.29) is 5.91 Å². The highest BCUT2D eigenvalue weighted by molar-refractivity contribution is 7.99. The molecule has 1 amide bonds. The molecule has 0 aliphatic heterocycles. The van der Waals surface area contributed by atoms with Gasteiger partial charge in [-0.2, -0.15) is 5.10 Å². The molecule has 2 aromatic carbocycles. The van der Waals surface area contributed by atoms with E-state index in [0.717, 1.165) is 4.90 Å². The standard InChI is InChI=1S/C19H21ClN2O4S/c1-24-16-10-13(11-17(25-2)19(16)26-3)12-21-22-18(23)8-9-27-15-6-4-14(20)5-7-15/h4-7,10-12H,8-9H2,1-3H3,(H,22,23)/b21-12-. The summed E-state index contributed by atoms with van der Waals surface area (Å²) in [6.07, 6.45) is 1.87. The number of rotatable bonds is 9. The highest BCUT2D eigenvalue weighted by Crippen LogP contribution is 2.37. The van der Waals surface area contributed by atoms with Gasteiger partial charge in [-0.3, -0.25) is 4.79 Å². The highest BCUT2D eigenvalue weighted by Gasteiger charge is 2.12. The maximum Gasteiger partial charge on any atom is 0.240 e. The molecule has 0 unspecified atom stereocenters. The molecule has 2 rings (SSSR count). The lowest BCUT2D eigenvalue weighted by Gasteiger charge is -2.12. The van der Waals surface area contributed by atoms with Crippen molar-refractivity contribution in [3.8, 4) is 17.2 Å². The Hall–Kier alpha value is -2.38. The zero-order chi connectivity index (χ0) is 19.6. The van der Waals surface area contributed by atoms with E-state index < -0.39 is 0 Å². The highest BCUT2D eigenvalue weighted by atomic mass is 35.5. The first-order chi connectivity index (χ1) is 13.1. The van der Waals surface area contributed by atoms with Crippen molar-refractivity contribution in [2.75, 3.05) is 27.1 Å². The van der Waals surface area contributed by atoms with E-state index in [4.69, 9.17) is 25.8 Å². The van der Waals surface area contributed by atoms with Gasteiger partial charge in [-0.05, 0) is 36.4 Å². The fourth-order valence-electron chi connectivity index (χ4n) is 2.20. The Balaban J connectivity index is 1.87. The van der Waals surface area contributed by atoms with E-state index in [2.05, 4.69) is 10.5 Å². The molecule has 0 saturated carbocycles. The topological polar surface area (TPSA) is 69.2 Å². The summed E-state index contributed by atoms with van der Waals surface area (Å²) in [6, 6.07) is 11.0. The SMILES string of the molecule is COc1cc(/C=N\NC(=O)CCSc2ccc(Cl)cc2)cc(OC)c1OC. The summed E-state index contributed by atoms with van der Waals surface area (Å²) in [7, 11) is 4.62. The number of halogens is 1. The van der Waals surface area contributed by atoms with Crippen molar-refractivity contribution in [2.45, 2.75) is 11.3 Å². The number of thioether (sulfide) groups is 1. The monoisotopic (exact) mass is 408 g/mol. The first-order valence-electron chi connectivity index (χ1n) is 8.07. The summed E-state index contributed by atoms with van der Waals surface area (Å²) in [5.74, 6) is 2.02. The number of hydrazone groups is 1. The number of amides is 1. The van der Waals surface area contributed by atoms with Crippen molar-refractivity contribution in [2.24, 2.45) is 5.10 Å². The average Bonchev–Trinajstić information content (AvgIpc) is 2.68. The van der Waals surface area contributed by atoms with Gasteiger partial charge in [-0.15, -0.1) is 11.8 Å². The van der Waals surface area contributed by atoms with Crippen LogP contribution in [0.15, 0.2) is 46.4 Å². The maximum absolute atomic E-state index is 11.9. The molecule has 0 saturated heterocycles. The van der Waals surface area contributed by atoms with Crippen LogP contribution in [-0.4, -0.2) is 39.2 Å². The first-order valence-corrected chi connectivity index (χ1v) is 9.44. The second-order valence-corrected chi connectivity index (χ2v) is 6.91. The lowest BCUT2D eigenvalue weighted by atomic mass is 10.2. The van der Waals surface area contributed by atoms with Crippen LogP contribution in [-0.2, 0) is 4.79 Å². The summed E-state index contributed by atoms with van der Waals surface area (Å²) in [4.78, 5) is 13.0. The summed E-state index contributed by atoms with van der Waals surface area (Å²) in [5, 5.41) is 4.67. The zero-order valence-electron chi connectivity index (χ0n) is 15.3. The molecule has 0 atom stereocenters. The number of hydrogen-bond donors (Lipinski definition) is 1. The molecular formula is C19H21ClN2O4S. The largest absolute Gasteiger partial charge is 0.493 e. The number of carbonyl (C=O) groups excluding carboxylic acids is 1. The van der Waals surface area contributed by atoms with Gasteiger partial charge in [0.05, 0.1) is 27.5 Å². The molecule has 8 heteroatoms. The van der Waals surface area contributed by atoms with Gasteiger partial charge in [-0.1, -0.05) is 11.6 Å². The number of methoxy groups -OCH3 is 3. The van der Waals surface area contributed by atoms with Gasteiger partial charge >= 0.3 is 0 Å². The van der Waals surface area contributed by atoms with Gasteiger partial charge in [0.15, 0.2) is 11.5 Å². The van der Waals surface area contributed by atoms with Gasteiger partial charge in [-0.25, -0.2) is 5.43 Å². The molecular weight excluding hydrogens is 388 g/mol. The molecule has 0 aliphatic carbocycles. The third-order valence-electron chi connectivity index (χ3n) is 3.50. The second-order valence-electron chi connectivity index (χ2n) is 5.30. The Morgan fingerprint density at radius 3 is 2.30 bits per heavy atom. The van der Waals surface area contributed by atoms with Crippen LogP contribution in [0.3, 0.4) is 0 Å². The normalized spacial score (nSPS) is 10.7. The van der Waals surface area contributed by atoms with Crippen LogP contribution >= 0.6 is 23.4 Å². The van der Waals surface area contributed by atoms with E-state index in [1.54, 1.807) is 38.1 Å². The minimum absolute atomic E-state index is 0.167. The smallest absolute Gasteiger partial charge is 0.240 e. The number of carbonyl (C=O) groups is 1. The Bertz CT molecular complexity index is 772. The first kappa shape index (κ1) is 20.9. The number of benzene rings is 2. The van der Waals surface area contributed by atoms with Crippen LogP contribution in [0.5, 0.6) is 17.2 Å². The maximum atomic E-state index is 11.9. The number of hydrogen-bond acceptors (Lipinski definition) is 6. The molecule has 144 valence electrons. The molecule has 0 fully saturated rings. The summed E-state index contributed by atoms with van der Waals surface area (Å²) >= 11 is 7.43. The van der Waals surface area contributed by atoms with E-state index in [1.807, 2.05) is 24.3 Å². The van der Waals surface area contributed by atoms with Crippen molar-refractivity contribution >= 4 is 35.5 Å². The molecule has 6 nitrogen and oxygen atoms in total. The van der Waals surface area contributed by atoms with Crippen molar-refractivity contribution in [1.29, 1.82) is 0 Å². The Morgan fingerprint density at radius 1 is 1.11 bits per heavy atom. The zero-order valence-corrected chi connectivity index (χ0v) is 16.9. The molecule has 0 radical (unpaired) electrons. The summed E-state index contributed by atoms with van der Waals surface area (Å²) in [6.45, 7) is 0. The number of nitrogens with one attached hydrogen (secondary N) is 1. The van der Waals surface area contributed by atoms with Gasteiger partial charge in [0.2, 0.25) is 11.7 Å². The molecule has 27 heavy (non-hydrogen) atoms. The number of ether oxygens (including phenoxy) is 3. The van der Waals surface area contributed by atoms with Crippen molar-refractivity contribution in [3.05, 3.63) is 47.0 Å². The van der Waals surface area contributed by atoms with Gasteiger partial charge in [0.1, 0.15) is 0 Å². The second kappa shape index (κ2) is 10.7. The average molecular weight is 409 g/mol. The van der Waals surface area contributed by atoms with Crippen LogP contribution in [0.2, 0.25) is 5.02 Å². The van der Waals surface area contributed by atoms with Crippen LogP contribution in [0, 0.1) is 0 Å². The fraction of sp³-hybridized carbons (Fsp3) is 0.263. The molecule has 0 bridgehead atoms. The lowest BCUT2D eigenvalue weighted by Crippen LogP contribution is -2.17. The number of nitrogens with zero attached hydrogens (tertiary/aromatic N) is 1. The van der Waals surface area contributed by atoms with E-state index in [9.17, 15) is 4.79 Å². The Labute approximate surface area is 167 Å². The minimum Gasteiger partial charge on any atom is -0.493 e. The van der Waals surface area contributed by atoms with E-state index >= 15 is 0 Å². The molecule has 0 heterocycles. The minimum atomic E-state index is -0.167. The van der Waals surface area contributed by atoms with Crippen LogP contribution in [0.4, 0.5) is 0 Å². The molecule has 1 N–H and O–H groups in total.